The summed E-state index contributed by atoms with van der Waals surface area (Å²) in [6.07, 6.45) is 4.36. The molecule has 1 atom stereocenters. The molecule has 6 heteroatoms. The third kappa shape index (κ3) is 3.22. The number of phenols is 1. The number of aromatic amines is 1. The van der Waals surface area contributed by atoms with Crippen molar-refractivity contribution in [2.45, 2.75) is 38.3 Å². The van der Waals surface area contributed by atoms with E-state index in [1.54, 1.807) is 24.1 Å². The molecule has 0 aliphatic heterocycles. The largest absolute Gasteiger partial charge is 0.508 e. The molecule has 1 aromatic carbocycles. The molecule has 0 spiro atoms. The second kappa shape index (κ2) is 6.42. The third-order valence-electron chi connectivity index (χ3n) is 4.42. The van der Waals surface area contributed by atoms with Crippen molar-refractivity contribution in [3.63, 3.8) is 0 Å². The van der Waals surface area contributed by atoms with E-state index in [1.165, 1.54) is 29.8 Å². The van der Waals surface area contributed by atoms with Gasteiger partial charge < -0.3 is 10.2 Å². The summed E-state index contributed by atoms with van der Waals surface area (Å²) < 4.78 is 0. The topological polar surface area (TPSA) is 89.5 Å². The summed E-state index contributed by atoms with van der Waals surface area (Å²) in [6.45, 7) is 0.476. The molecule has 0 radical (unpaired) electrons. The fourth-order valence-corrected chi connectivity index (χ4v) is 3.25. The Bertz CT molecular complexity index is 694. The zero-order valence-electron chi connectivity index (χ0n) is 13.1. The Balaban J connectivity index is 1.82. The number of aromatic hydroxyl groups is 1. The fourth-order valence-electron chi connectivity index (χ4n) is 3.25. The summed E-state index contributed by atoms with van der Waals surface area (Å²) in [5.41, 5.74) is 4.02. The number of fused-ring (bicyclic) bond motifs is 1. The van der Waals surface area contributed by atoms with Gasteiger partial charge in [-0.1, -0.05) is 12.1 Å². The fraction of sp³-hybridized carbons (Fsp3) is 0.412. The maximum Gasteiger partial charge on any atom is 0.325 e. The van der Waals surface area contributed by atoms with Crippen LogP contribution in [0.2, 0.25) is 0 Å². The van der Waals surface area contributed by atoms with E-state index in [0.29, 0.717) is 12.1 Å². The molecule has 0 fully saturated rings. The van der Waals surface area contributed by atoms with Crippen LogP contribution in [0.1, 0.15) is 41.4 Å². The quantitative estimate of drug-likeness (QED) is 0.787. The molecule has 0 unspecified atom stereocenters. The maximum atomic E-state index is 11.7. The van der Waals surface area contributed by atoms with Crippen LogP contribution in [0.4, 0.5) is 0 Å². The third-order valence-corrected chi connectivity index (χ3v) is 4.42. The number of rotatable bonds is 5. The SMILES string of the molecule is CN(Cc1n[nH]c2c1CCCC2)[C@@H](C(=O)O)c1ccc(O)cc1. The van der Waals surface area contributed by atoms with E-state index < -0.39 is 12.0 Å². The Hall–Kier alpha value is -2.34. The van der Waals surface area contributed by atoms with E-state index in [4.69, 9.17) is 0 Å². The zero-order chi connectivity index (χ0) is 16.4. The molecule has 6 nitrogen and oxygen atoms in total. The predicted molar refractivity (Wildman–Crippen MR) is 85.2 cm³/mol. The van der Waals surface area contributed by atoms with Gasteiger partial charge in [0, 0.05) is 12.2 Å². The van der Waals surface area contributed by atoms with Crippen LogP contribution < -0.4 is 0 Å². The van der Waals surface area contributed by atoms with Crippen LogP contribution in [-0.2, 0) is 24.2 Å². The number of H-pyrrole nitrogens is 1. The van der Waals surface area contributed by atoms with Crippen molar-refractivity contribution in [2.75, 3.05) is 7.05 Å². The first-order valence-corrected chi connectivity index (χ1v) is 7.83. The molecular formula is C17H21N3O3. The number of hydrogen-bond donors (Lipinski definition) is 3. The van der Waals surface area contributed by atoms with Gasteiger partial charge in [-0.3, -0.25) is 14.8 Å². The standard InChI is InChI=1S/C17H21N3O3/c1-20(10-15-13-4-2-3-5-14(13)18-19-15)16(17(22)23)11-6-8-12(21)9-7-11/h6-9,16,21H,2-5,10H2,1H3,(H,18,19)(H,22,23)/t16-/m1/s1. The predicted octanol–water partition coefficient (Wildman–Crippen LogP) is 2.25. The summed E-state index contributed by atoms with van der Waals surface area (Å²) in [7, 11) is 1.79. The van der Waals surface area contributed by atoms with Gasteiger partial charge in [0.25, 0.3) is 0 Å². The molecule has 1 heterocycles. The molecule has 0 amide bonds. The van der Waals surface area contributed by atoms with Crippen LogP contribution in [0.5, 0.6) is 5.75 Å². The second-order valence-electron chi connectivity index (χ2n) is 6.08. The van der Waals surface area contributed by atoms with Gasteiger partial charge in [-0.25, -0.2) is 0 Å². The second-order valence-corrected chi connectivity index (χ2v) is 6.08. The number of aryl methyl sites for hydroxylation is 1. The minimum atomic E-state index is -0.914. The number of aliphatic carboxylic acids is 1. The highest BCUT2D eigenvalue weighted by atomic mass is 16.4. The molecule has 1 aliphatic carbocycles. The smallest absolute Gasteiger partial charge is 0.325 e. The molecule has 2 aromatic rings. The van der Waals surface area contributed by atoms with E-state index in [2.05, 4.69) is 10.2 Å². The number of aromatic nitrogens is 2. The first-order chi connectivity index (χ1) is 11.1. The number of benzene rings is 1. The molecule has 3 N–H and O–H groups in total. The number of hydrogen-bond acceptors (Lipinski definition) is 4. The van der Waals surface area contributed by atoms with Gasteiger partial charge in [0.05, 0.1) is 5.69 Å². The van der Waals surface area contributed by atoms with E-state index in [0.717, 1.165) is 25.0 Å². The molecule has 122 valence electrons. The van der Waals surface area contributed by atoms with Crippen molar-refractivity contribution in [2.24, 2.45) is 0 Å². The highest BCUT2D eigenvalue weighted by Crippen LogP contribution is 2.27. The zero-order valence-corrected chi connectivity index (χ0v) is 13.1. The first-order valence-electron chi connectivity index (χ1n) is 7.83. The molecule has 3 rings (SSSR count). The lowest BCUT2D eigenvalue weighted by atomic mass is 9.95. The summed E-state index contributed by atoms with van der Waals surface area (Å²) in [4.78, 5) is 13.5. The molecule has 0 bridgehead atoms. The van der Waals surface area contributed by atoms with Crippen LogP contribution in [0, 0.1) is 0 Å². The van der Waals surface area contributed by atoms with Gasteiger partial charge in [-0.05, 0) is 56.0 Å². The van der Waals surface area contributed by atoms with E-state index in [9.17, 15) is 15.0 Å². The maximum absolute atomic E-state index is 11.7. The molecular weight excluding hydrogens is 294 g/mol. The number of nitrogens with one attached hydrogen (secondary N) is 1. The van der Waals surface area contributed by atoms with Crippen LogP contribution in [0.25, 0.3) is 0 Å². The molecule has 1 aromatic heterocycles. The number of phenolic OH excluding ortho intramolecular Hbond substituents is 1. The summed E-state index contributed by atoms with van der Waals surface area (Å²) in [5, 5.41) is 26.5. The normalized spacial score (nSPS) is 15.4. The van der Waals surface area contributed by atoms with Crippen molar-refractivity contribution in [3.05, 3.63) is 46.8 Å². The summed E-state index contributed by atoms with van der Waals surface area (Å²) in [5.74, 6) is -0.787. The minimum Gasteiger partial charge on any atom is -0.508 e. The summed E-state index contributed by atoms with van der Waals surface area (Å²) >= 11 is 0. The number of nitrogens with zero attached hydrogens (tertiary/aromatic N) is 2. The Morgan fingerprint density at radius 2 is 2.00 bits per heavy atom. The van der Waals surface area contributed by atoms with Gasteiger partial charge in [-0.15, -0.1) is 0 Å². The number of carbonyl (C=O) groups is 1. The monoisotopic (exact) mass is 315 g/mol. The minimum absolute atomic E-state index is 0.127. The number of likely N-dealkylation sites (N-methyl/N-ethyl adjacent to an activating group) is 1. The van der Waals surface area contributed by atoms with E-state index in [1.807, 2.05) is 0 Å². The number of carboxylic acids is 1. The molecule has 0 saturated carbocycles. The number of carboxylic acid groups (broad SMARTS) is 1. The Morgan fingerprint density at radius 3 is 2.70 bits per heavy atom. The lowest BCUT2D eigenvalue weighted by Gasteiger charge is -2.25. The average Bonchev–Trinajstić information content (AvgIpc) is 2.92. The van der Waals surface area contributed by atoms with Crippen molar-refractivity contribution < 1.29 is 15.0 Å². The summed E-state index contributed by atoms with van der Waals surface area (Å²) in [6, 6.07) is 5.53. The van der Waals surface area contributed by atoms with Gasteiger partial charge >= 0.3 is 5.97 Å². The van der Waals surface area contributed by atoms with E-state index >= 15 is 0 Å². The van der Waals surface area contributed by atoms with Gasteiger partial charge in [-0.2, -0.15) is 5.10 Å². The first kappa shape index (κ1) is 15.6. The average molecular weight is 315 g/mol. The van der Waals surface area contributed by atoms with Gasteiger partial charge in [0.2, 0.25) is 0 Å². The van der Waals surface area contributed by atoms with Crippen molar-refractivity contribution in [1.29, 1.82) is 0 Å². The van der Waals surface area contributed by atoms with E-state index in [-0.39, 0.29) is 5.75 Å². The Labute approximate surface area is 134 Å². The van der Waals surface area contributed by atoms with Crippen molar-refractivity contribution in [1.82, 2.24) is 15.1 Å². The lowest BCUT2D eigenvalue weighted by Crippen LogP contribution is -2.31. The molecule has 1 aliphatic rings. The van der Waals surface area contributed by atoms with Gasteiger partial charge in [0.1, 0.15) is 11.8 Å². The Morgan fingerprint density at radius 1 is 1.30 bits per heavy atom. The van der Waals surface area contributed by atoms with Crippen LogP contribution in [0.15, 0.2) is 24.3 Å². The Kier molecular flexibility index (Phi) is 4.34. The van der Waals surface area contributed by atoms with Crippen molar-refractivity contribution in [3.8, 4) is 5.75 Å². The molecule has 0 saturated heterocycles. The van der Waals surface area contributed by atoms with Crippen LogP contribution in [-0.4, -0.2) is 38.3 Å². The molecule has 23 heavy (non-hydrogen) atoms. The van der Waals surface area contributed by atoms with Crippen LogP contribution in [0.3, 0.4) is 0 Å². The lowest BCUT2D eigenvalue weighted by molar-refractivity contribution is -0.143. The van der Waals surface area contributed by atoms with Gasteiger partial charge in [0.15, 0.2) is 0 Å². The van der Waals surface area contributed by atoms with Crippen LogP contribution >= 0.6 is 0 Å². The van der Waals surface area contributed by atoms with Crippen molar-refractivity contribution >= 4 is 5.97 Å². The highest BCUT2D eigenvalue weighted by Gasteiger charge is 2.27. The highest BCUT2D eigenvalue weighted by molar-refractivity contribution is 5.75.